The first-order valence-electron chi connectivity index (χ1n) is 23.1. The summed E-state index contributed by atoms with van der Waals surface area (Å²) in [5.74, 6) is -3.82. The lowest BCUT2D eigenvalue weighted by molar-refractivity contribution is -0.144. The molecule has 0 saturated carbocycles. The second-order valence-corrected chi connectivity index (χ2v) is 18.8. The maximum atomic E-state index is 14.5. The Morgan fingerprint density at radius 2 is 1.42 bits per heavy atom. The van der Waals surface area contributed by atoms with E-state index < -0.39 is 77.1 Å². The van der Waals surface area contributed by atoms with Gasteiger partial charge in [-0.15, -0.1) is 0 Å². The molecule has 18 nitrogen and oxygen atoms in total. The van der Waals surface area contributed by atoms with Crippen molar-refractivity contribution in [1.82, 2.24) is 52.8 Å². The normalized spacial score (nSPS) is 19.2. The molecule has 66 heavy (non-hydrogen) atoms. The molecule has 1 saturated heterocycles. The molecule has 0 radical (unpaired) electrons. The van der Waals surface area contributed by atoms with Gasteiger partial charge in [-0.25, -0.2) is 0 Å². The van der Waals surface area contributed by atoms with Crippen LogP contribution in [0.25, 0.3) is 0 Å². The molecule has 1 aliphatic carbocycles. The smallest absolute Gasteiger partial charge is 0.251 e. The number of carbonyl (C=O) groups excluding carboxylic acids is 8. The van der Waals surface area contributed by atoms with Gasteiger partial charge in [0, 0.05) is 36.3 Å². The summed E-state index contributed by atoms with van der Waals surface area (Å²) in [6.45, 7) is 14.2. The highest BCUT2D eigenvalue weighted by Crippen LogP contribution is 2.31. The van der Waals surface area contributed by atoms with Crippen LogP contribution in [-0.4, -0.2) is 128 Å². The molecule has 4 rings (SSSR count). The van der Waals surface area contributed by atoms with Gasteiger partial charge >= 0.3 is 0 Å². The van der Waals surface area contributed by atoms with E-state index in [2.05, 4.69) is 53.9 Å². The van der Waals surface area contributed by atoms with Gasteiger partial charge in [-0.1, -0.05) is 71.9 Å². The lowest BCUT2D eigenvalue weighted by Crippen LogP contribution is -2.59. The molecular formula is C48H72N10O8. The second kappa shape index (κ2) is 24.1. The molecule has 2 aromatic rings. The third-order valence-corrected chi connectivity index (χ3v) is 12.4. The molecule has 8 atom stereocenters. The zero-order valence-electron chi connectivity index (χ0n) is 40.2. The van der Waals surface area contributed by atoms with Gasteiger partial charge in [0.1, 0.15) is 24.2 Å². The van der Waals surface area contributed by atoms with Gasteiger partial charge in [-0.2, -0.15) is 0 Å². The molecule has 1 fully saturated rings. The SMILES string of the molecule is CC[C@H](NC(=O)[C@H](C)NC)C(=O)N[C@@H](CNC(=O)c1cccc(C(=O)N[C@H]2C[C@@H](C(=O)N[C@@H]3CCCc4ccccc43)N(C(=O)[C@@H](NC(=O)CNC)C(C)(C)C)C2)c1)C(=O)N[C@H](C)C(C)C. The summed E-state index contributed by atoms with van der Waals surface area (Å²) in [5, 5.41) is 25.6. The molecule has 2 aromatic carbocycles. The summed E-state index contributed by atoms with van der Waals surface area (Å²) in [7, 11) is 3.25. The molecule has 0 aromatic heterocycles. The van der Waals surface area contributed by atoms with Gasteiger partial charge < -0.3 is 52.8 Å². The van der Waals surface area contributed by atoms with Gasteiger partial charge in [0.25, 0.3) is 11.8 Å². The number of amides is 8. The van der Waals surface area contributed by atoms with Crippen molar-refractivity contribution >= 4 is 47.3 Å². The minimum Gasteiger partial charge on any atom is -0.352 e. The van der Waals surface area contributed by atoms with Crippen molar-refractivity contribution in [2.75, 3.05) is 33.7 Å². The highest BCUT2D eigenvalue weighted by molar-refractivity contribution is 6.01. The summed E-state index contributed by atoms with van der Waals surface area (Å²) < 4.78 is 0. The minimum absolute atomic E-state index is 0.0121. The number of likely N-dealkylation sites (N-methyl/N-ethyl adjacent to an activating group) is 2. The fourth-order valence-corrected chi connectivity index (χ4v) is 7.91. The molecule has 9 N–H and O–H groups in total. The van der Waals surface area contributed by atoms with Crippen molar-refractivity contribution < 1.29 is 38.4 Å². The third kappa shape index (κ3) is 14.3. The first-order valence-corrected chi connectivity index (χ1v) is 23.1. The average molecular weight is 917 g/mol. The van der Waals surface area contributed by atoms with Crippen LogP contribution >= 0.6 is 0 Å². The fourth-order valence-electron chi connectivity index (χ4n) is 7.91. The number of hydrogen-bond acceptors (Lipinski definition) is 10. The average Bonchev–Trinajstić information content (AvgIpc) is 3.71. The molecule has 18 heteroatoms. The van der Waals surface area contributed by atoms with Crippen LogP contribution in [-0.2, 0) is 35.2 Å². The van der Waals surface area contributed by atoms with Crippen LogP contribution in [0.3, 0.4) is 0 Å². The van der Waals surface area contributed by atoms with Crippen LogP contribution in [0.2, 0.25) is 0 Å². The van der Waals surface area contributed by atoms with Crippen molar-refractivity contribution in [3.05, 3.63) is 70.8 Å². The predicted molar refractivity (Wildman–Crippen MR) is 251 cm³/mol. The van der Waals surface area contributed by atoms with E-state index in [0.717, 1.165) is 30.4 Å². The quantitative estimate of drug-likeness (QED) is 0.0919. The number of fused-ring (bicyclic) bond motifs is 1. The van der Waals surface area contributed by atoms with E-state index in [4.69, 9.17) is 0 Å². The standard InChI is InChI=1S/C48H72N10O8/c1-11-35(54-41(60)29(5)50-10)44(63)56-37(45(64)52-28(4)27(2)3)24-51-42(61)31-18-14-19-32(22-31)43(62)53-33-23-38(46(65)55-36-21-15-17-30-16-12-13-20-34(30)36)58(26-33)47(66)40(48(6,7)8)57-39(59)25-49-9/h12-14,16,18-20,22,27-29,33,35-38,40,49-50H,11,15,17,21,23-26H2,1-10H3,(H,51,61)(H,52,64)(H,53,62)(H,54,60)(H,55,65)(H,56,63)(H,57,59)/t28-,29+,33+,35+,36-,37+,38+,40-/m1/s1. The van der Waals surface area contributed by atoms with Crippen LogP contribution in [0.15, 0.2) is 48.5 Å². The number of nitrogens with zero attached hydrogens (tertiary/aromatic N) is 1. The van der Waals surface area contributed by atoms with Gasteiger partial charge in [-0.05, 0) is 101 Å². The van der Waals surface area contributed by atoms with Crippen LogP contribution in [0, 0.1) is 11.3 Å². The van der Waals surface area contributed by atoms with Gasteiger partial charge in [0.2, 0.25) is 35.4 Å². The Bertz CT molecular complexity index is 2070. The van der Waals surface area contributed by atoms with E-state index in [0.29, 0.717) is 0 Å². The van der Waals surface area contributed by atoms with E-state index in [-0.39, 0.29) is 73.4 Å². The molecule has 8 amide bonds. The van der Waals surface area contributed by atoms with E-state index in [1.807, 2.05) is 59.7 Å². The van der Waals surface area contributed by atoms with E-state index in [1.165, 1.54) is 29.2 Å². The number of carbonyl (C=O) groups is 8. The number of hydrogen-bond donors (Lipinski definition) is 9. The van der Waals surface area contributed by atoms with Crippen molar-refractivity contribution in [3.63, 3.8) is 0 Å². The molecule has 0 bridgehead atoms. The fraction of sp³-hybridized carbons (Fsp3) is 0.583. The number of benzene rings is 2. The maximum Gasteiger partial charge on any atom is 0.251 e. The predicted octanol–water partition coefficient (Wildman–Crippen LogP) is 1.21. The lowest BCUT2D eigenvalue weighted by Gasteiger charge is -2.36. The van der Waals surface area contributed by atoms with Crippen LogP contribution in [0.4, 0.5) is 0 Å². The second-order valence-electron chi connectivity index (χ2n) is 18.8. The van der Waals surface area contributed by atoms with Gasteiger partial charge in [0.05, 0.1) is 18.6 Å². The minimum atomic E-state index is -1.21. The summed E-state index contributed by atoms with van der Waals surface area (Å²) in [6.07, 6.45) is 2.86. The summed E-state index contributed by atoms with van der Waals surface area (Å²) in [4.78, 5) is 110. The number of rotatable bonds is 20. The van der Waals surface area contributed by atoms with Crippen LogP contribution in [0.5, 0.6) is 0 Å². The Labute approximate surface area is 389 Å². The Kier molecular flexibility index (Phi) is 19.2. The van der Waals surface area contributed by atoms with Crippen LogP contribution in [0.1, 0.15) is 119 Å². The maximum absolute atomic E-state index is 14.5. The number of aryl methyl sites for hydroxylation is 1. The molecule has 1 heterocycles. The van der Waals surface area contributed by atoms with Gasteiger partial charge in [-0.3, -0.25) is 38.4 Å². The number of likely N-dealkylation sites (tertiary alicyclic amines) is 1. The Hall–Kier alpha value is -5.88. The van der Waals surface area contributed by atoms with E-state index in [9.17, 15) is 38.4 Å². The third-order valence-electron chi connectivity index (χ3n) is 12.4. The van der Waals surface area contributed by atoms with Crippen molar-refractivity contribution in [2.45, 2.75) is 136 Å². The van der Waals surface area contributed by atoms with Crippen LogP contribution < -0.4 is 47.9 Å². The molecule has 362 valence electrons. The molecule has 0 unspecified atom stereocenters. The Morgan fingerprint density at radius 1 is 0.773 bits per heavy atom. The molecule has 0 spiro atoms. The van der Waals surface area contributed by atoms with Gasteiger partial charge in [0.15, 0.2) is 0 Å². The molecular weight excluding hydrogens is 845 g/mol. The Morgan fingerprint density at radius 3 is 2.06 bits per heavy atom. The van der Waals surface area contributed by atoms with Crippen molar-refractivity contribution in [1.29, 1.82) is 0 Å². The topological polar surface area (TPSA) is 248 Å². The largest absolute Gasteiger partial charge is 0.352 e. The highest BCUT2D eigenvalue weighted by atomic mass is 16.2. The summed E-state index contributed by atoms with van der Waals surface area (Å²) in [6, 6.07) is 8.08. The van der Waals surface area contributed by atoms with Crippen molar-refractivity contribution in [3.8, 4) is 0 Å². The number of nitrogens with one attached hydrogen (secondary N) is 9. The highest BCUT2D eigenvalue weighted by Gasteiger charge is 2.46. The molecule has 2 aliphatic rings. The van der Waals surface area contributed by atoms with E-state index >= 15 is 0 Å². The lowest BCUT2D eigenvalue weighted by atomic mass is 9.85. The summed E-state index contributed by atoms with van der Waals surface area (Å²) >= 11 is 0. The Balaban J connectivity index is 1.52. The monoisotopic (exact) mass is 917 g/mol. The zero-order valence-corrected chi connectivity index (χ0v) is 40.2. The zero-order chi connectivity index (χ0) is 48.9. The van der Waals surface area contributed by atoms with Crippen molar-refractivity contribution in [2.24, 2.45) is 11.3 Å². The summed E-state index contributed by atoms with van der Waals surface area (Å²) in [5.41, 5.74) is 1.69. The van der Waals surface area contributed by atoms with E-state index in [1.54, 1.807) is 27.9 Å². The first-order chi connectivity index (χ1) is 31.2. The first kappa shape index (κ1) is 52.7. The molecule has 1 aliphatic heterocycles.